The van der Waals surface area contributed by atoms with Crippen LogP contribution >= 0.6 is 0 Å². The van der Waals surface area contributed by atoms with Crippen LogP contribution in [0.1, 0.15) is 11.1 Å². The number of hydrogen-bond acceptors (Lipinski definition) is 4. The molecule has 0 fully saturated rings. The molecule has 116 valence electrons. The van der Waals surface area contributed by atoms with Gasteiger partial charge in [-0.3, -0.25) is 9.59 Å². The second-order valence-electron chi connectivity index (χ2n) is 5.37. The first kappa shape index (κ1) is 14.9. The molecule has 6 nitrogen and oxygen atoms in total. The summed E-state index contributed by atoms with van der Waals surface area (Å²) < 4.78 is 1.07. The van der Waals surface area contributed by atoms with Crippen molar-refractivity contribution in [2.45, 2.75) is 20.4 Å². The third kappa shape index (κ3) is 2.96. The van der Waals surface area contributed by atoms with Crippen LogP contribution in [0.2, 0.25) is 0 Å². The van der Waals surface area contributed by atoms with E-state index < -0.39 is 0 Å². The standard InChI is InChI=1S/C17H16N4O2/c1-11-6-5-9-14(12(11)2)18-16(22)10-21-17(23)13-7-3-4-8-15(13)19-20-21/h3-9H,10H2,1-2H3,(H,18,22). The van der Waals surface area contributed by atoms with Crippen LogP contribution in [0.4, 0.5) is 5.69 Å². The number of benzene rings is 2. The van der Waals surface area contributed by atoms with Gasteiger partial charge in [-0.15, -0.1) is 5.10 Å². The second-order valence-corrected chi connectivity index (χ2v) is 5.37. The SMILES string of the molecule is Cc1cccc(NC(=O)Cn2nnc3ccccc3c2=O)c1C. The van der Waals surface area contributed by atoms with Crippen molar-refractivity contribution in [3.05, 3.63) is 63.9 Å². The lowest BCUT2D eigenvalue weighted by atomic mass is 10.1. The number of fused-ring (bicyclic) bond motifs is 1. The largest absolute Gasteiger partial charge is 0.324 e. The Morgan fingerprint density at radius 1 is 1.13 bits per heavy atom. The topological polar surface area (TPSA) is 76.9 Å². The van der Waals surface area contributed by atoms with Crippen molar-refractivity contribution in [3.8, 4) is 0 Å². The van der Waals surface area contributed by atoms with E-state index in [9.17, 15) is 9.59 Å². The summed E-state index contributed by atoms with van der Waals surface area (Å²) in [6, 6.07) is 12.6. The lowest BCUT2D eigenvalue weighted by molar-refractivity contribution is -0.117. The Labute approximate surface area is 132 Å². The predicted molar refractivity (Wildman–Crippen MR) is 88.3 cm³/mol. The maximum atomic E-state index is 12.3. The highest BCUT2D eigenvalue weighted by atomic mass is 16.2. The molecule has 0 aliphatic rings. The number of aromatic nitrogens is 3. The Morgan fingerprint density at radius 2 is 1.91 bits per heavy atom. The van der Waals surface area contributed by atoms with Gasteiger partial charge in [0, 0.05) is 5.69 Å². The smallest absolute Gasteiger partial charge is 0.278 e. The van der Waals surface area contributed by atoms with Gasteiger partial charge in [0.2, 0.25) is 5.91 Å². The normalized spacial score (nSPS) is 10.7. The van der Waals surface area contributed by atoms with Gasteiger partial charge in [-0.25, -0.2) is 4.68 Å². The second kappa shape index (κ2) is 6.00. The van der Waals surface area contributed by atoms with E-state index >= 15 is 0 Å². The Kier molecular flexibility index (Phi) is 3.89. The number of hydrogen-bond donors (Lipinski definition) is 1. The number of amides is 1. The fraction of sp³-hybridized carbons (Fsp3) is 0.176. The number of carbonyl (C=O) groups excluding carboxylic acids is 1. The predicted octanol–water partition coefficient (Wildman–Crippen LogP) is 2.05. The molecule has 0 atom stereocenters. The first-order valence-corrected chi connectivity index (χ1v) is 7.25. The maximum Gasteiger partial charge on any atom is 0.278 e. The first-order chi connectivity index (χ1) is 11.1. The van der Waals surface area contributed by atoms with Gasteiger partial charge >= 0.3 is 0 Å². The molecule has 23 heavy (non-hydrogen) atoms. The van der Waals surface area contributed by atoms with Crippen molar-refractivity contribution in [3.63, 3.8) is 0 Å². The van der Waals surface area contributed by atoms with Crippen LogP contribution < -0.4 is 10.9 Å². The molecule has 0 aliphatic heterocycles. The monoisotopic (exact) mass is 308 g/mol. The van der Waals surface area contributed by atoms with Gasteiger partial charge in [0.05, 0.1) is 5.39 Å². The first-order valence-electron chi connectivity index (χ1n) is 7.25. The lowest BCUT2D eigenvalue weighted by Gasteiger charge is -2.10. The third-order valence-electron chi connectivity index (χ3n) is 3.80. The molecule has 6 heteroatoms. The van der Waals surface area contributed by atoms with Crippen molar-refractivity contribution in [1.82, 2.24) is 15.0 Å². The highest BCUT2D eigenvalue weighted by Gasteiger charge is 2.11. The van der Waals surface area contributed by atoms with E-state index in [4.69, 9.17) is 0 Å². The molecule has 0 saturated carbocycles. The fourth-order valence-electron chi connectivity index (χ4n) is 2.34. The third-order valence-corrected chi connectivity index (χ3v) is 3.80. The minimum Gasteiger partial charge on any atom is -0.324 e. The fourth-order valence-corrected chi connectivity index (χ4v) is 2.34. The van der Waals surface area contributed by atoms with Crippen LogP contribution in [0.25, 0.3) is 10.9 Å². The average molecular weight is 308 g/mol. The van der Waals surface area contributed by atoms with Crippen LogP contribution in [0.3, 0.4) is 0 Å². The minimum atomic E-state index is -0.327. The summed E-state index contributed by atoms with van der Waals surface area (Å²) in [7, 11) is 0. The van der Waals surface area contributed by atoms with E-state index in [0.717, 1.165) is 21.5 Å². The van der Waals surface area contributed by atoms with Crippen molar-refractivity contribution in [1.29, 1.82) is 0 Å². The highest BCUT2D eigenvalue weighted by Crippen LogP contribution is 2.17. The molecule has 3 aromatic rings. The summed E-state index contributed by atoms with van der Waals surface area (Å²) in [4.78, 5) is 24.5. The molecule has 0 bridgehead atoms. The molecule has 3 rings (SSSR count). The molecular formula is C17H16N4O2. The summed E-state index contributed by atoms with van der Waals surface area (Å²) >= 11 is 0. The summed E-state index contributed by atoms with van der Waals surface area (Å²) in [6.07, 6.45) is 0. The molecular weight excluding hydrogens is 292 g/mol. The Balaban J connectivity index is 1.85. The van der Waals surface area contributed by atoms with Crippen LogP contribution in [-0.2, 0) is 11.3 Å². The van der Waals surface area contributed by atoms with Gasteiger partial charge < -0.3 is 5.32 Å². The summed E-state index contributed by atoms with van der Waals surface area (Å²) in [5.74, 6) is -0.314. The quantitative estimate of drug-likeness (QED) is 0.803. The lowest BCUT2D eigenvalue weighted by Crippen LogP contribution is -2.30. The summed E-state index contributed by atoms with van der Waals surface area (Å²) in [5, 5.41) is 11.0. The summed E-state index contributed by atoms with van der Waals surface area (Å²) in [6.45, 7) is 3.74. The number of rotatable bonds is 3. The Bertz CT molecular complexity index is 947. The highest BCUT2D eigenvalue weighted by molar-refractivity contribution is 5.91. The van der Waals surface area contributed by atoms with E-state index in [-0.39, 0.29) is 18.0 Å². The van der Waals surface area contributed by atoms with Gasteiger partial charge in [-0.2, -0.15) is 0 Å². The van der Waals surface area contributed by atoms with E-state index in [2.05, 4.69) is 15.6 Å². The Morgan fingerprint density at radius 3 is 2.74 bits per heavy atom. The zero-order valence-electron chi connectivity index (χ0n) is 12.9. The molecule has 0 spiro atoms. The van der Waals surface area contributed by atoms with Gasteiger partial charge in [0.1, 0.15) is 12.1 Å². The van der Waals surface area contributed by atoms with Crippen molar-refractivity contribution in [2.75, 3.05) is 5.32 Å². The van der Waals surface area contributed by atoms with Gasteiger partial charge in [-0.05, 0) is 43.2 Å². The van der Waals surface area contributed by atoms with Crippen LogP contribution in [0.15, 0.2) is 47.3 Å². The molecule has 1 amide bonds. The number of aryl methyl sites for hydroxylation is 1. The van der Waals surface area contributed by atoms with Crippen molar-refractivity contribution < 1.29 is 4.79 Å². The van der Waals surface area contributed by atoms with Gasteiger partial charge in [0.25, 0.3) is 5.56 Å². The molecule has 0 saturated heterocycles. The number of nitrogens with one attached hydrogen (secondary N) is 1. The van der Waals surface area contributed by atoms with E-state index in [0.29, 0.717) is 10.9 Å². The van der Waals surface area contributed by atoms with Crippen molar-refractivity contribution in [2.24, 2.45) is 0 Å². The van der Waals surface area contributed by atoms with E-state index in [1.54, 1.807) is 24.3 Å². The van der Waals surface area contributed by atoms with Gasteiger partial charge in [0.15, 0.2) is 0 Å². The maximum absolute atomic E-state index is 12.3. The molecule has 0 unspecified atom stereocenters. The van der Waals surface area contributed by atoms with E-state index in [1.807, 2.05) is 32.0 Å². The molecule has 1 aromatic heterocycles. The summed E-state index contributed by atoms with van der Waals surface area (Å²) in [5.41, 5.74) is 3.01. The molecule has 2 aromatic carbocycles. The number of anilines is 1. The van der Waals surface area contributed by atoms with E-state index in [1.165, 1.54) is 0 Å². The molecule has 0 radical (unpaired) electrons. The zero-order valence-corrected chi connectivity index (χ0v) is 12.9. The molecule has 0 aliphatic carbocycles. The van der Waals surface area contributed by atoms with Crippen LogP contribution in [0, 0.1) is 13.8 Å². The minimum absolute atomic E-state index is 0.177. The van der Waals surface area contributed by atoms with Crippen LogP contribution in [0.5, 0.6) is 0 Å². The zero-order chi connectivity index (χ0) is 16.4. The van der Waals surface area contributed by atoms with Gasteiger partial charge in [-0.1, -0.05) is 29.5 Å². The number of nitrogens with zero attached hydrogens (tertiary/aromatic N) is 3. The molecule has 1 heterocycles. The van der Waals surface area contributed by atoms with Crippen LogP contribution in [-0.4, -0.2) is 20.9 Å². The molecule has 1 N–H and O–H groups in total. The Hall–Kier alpha value is -3.02. The number of carbonyl (C=O) groups is 1. The average Bonchev–Trinajstić information content (AvgIpc) is 2.55. The van der Waals surface area contributed by atoms with Crippen molar-refractivity contribution >= 4 is 22.5 Å².